The fraction of sp³-hybridized carbons (Fsp3) is 0.258. The summed E-state index contributed by atoms with van der Waals surface area (Å²) in [6.07, 6.45) is 0.182. The van der Waals surface area contributed by atoms with Gasteiger partial charge in [-0.15, -0.1) is 0 Å². The molecule has 0 saturated heterocycles. The third kappa shape index (κ3) is 5.15. The Morgan fingerprint density at radius 3 is 1.31 bits per heavy atom. The molecule has 0 spiro atoms. The van der Waals surface area contributed by atoms with Crippen molar-refractivity contribution < 1.29 is 24.0 Å². The van der Waals surface area contributed by atoms with Crippen LogP contribution in [0.2, 0.25) is 0 Å². The van der Waals surface area contributed by atoms with Crippen LogP contribution < -0.4 is 0 Å². The molecular weight excluding hydrogens is 452 g/mol. The molecule has 1 aliphatic carbocycles. The molecule has 1 atom stereocenters. The van der Waals surface area contributed by atoms with E-state index in [2.05, 4.69) is 0 Å². The van der Waals surface area contributed by atoms with Gasteiger partial charge in [-0.2, -0.15) is 0 Å². The molecule has 1 saturated carbocycles. The Balaban J connectivity index is 1.91. The van der Waals surface area contributed by atoms with Crippen LogP contribution in [0.4, 0.5) is 0 Å². The van der Waals surface area contributed by atoms with Crippen LogP contribution in [0.3, 0.4) is 0 Å². The van der Waals surface area contributed by atoms with Gasteiger partial charge in [0.05, 0.1) is 17.8 Å². The van der Waals surface area contributed by atoms with Gasteiger partial charge in [-0.3, -0.25) is 24.0 Å². The van der Waals surface area contributed by atoms with Gasteiger partial charge >= 0.3 is 0 Å². The zero-order valence-corrected chi connectivity index (χ0v) is 20.3. The number of benzene rings is 3. The third-order valence-corrected chi connectivity index (χ3v) is 6.76. The molecule has 182 valence electrons. The molecule has 3 aromatic carbocycles. The van der Waals surface area contributed by atoms with Crippen molar-refractivity contribution in [3.8, 4) is 0 Å². The Morgan fingerprint density at radius 2 is 0.944 bits per heavy atom. The fourth-order valence-corrected chi connectivity index (χ4v) is 5.11. The number of hydrogen-bond acceptors (Lipinski definition) is 5. The van der Waals surface area contributed by atoms with Crippen molar-refractivity contribution in [2.24, 2.45) is 23.2 Å². The van der Waals surface area contributed by atoms with E-state index in [-0.39, 0.29) is 29.5 Å². The maximum absolute atomic E-state index is 14.0. The van der Waals surface area contributed by atoms with Gasteiger partial charge in [-0.05, 0) is 5.41 Å². The van der Waals surface area contributed by atoms with Crippen molar-refractivity contribution >= 4 is 28.9 Å². The minimum atomic E-state index is -1.53. The average Bonchev–Trinajstić information content (AvgIpc) is 2.87. The molecule has 36 heavy (non-hydrogen) atoms. The third-order valence-electron chi connectivity index (χ3n) is 6.76. The highest BCUT2D eigenvalue weighted by atomic mass is 16.2. The molecule has 4 rings (SSSR count). The second-order valence-corrected chi connectivity index (χ2v) is 10.1. The number of ketones is 5. The minimum absolute atomic E-state index is 0.0910. The molecule has 1 fully saturated rings. The lowest BCUT2D eigenvalue weighted by Crippen LogP contribution is -2.49. The second-order valence-electron chi connectivity index (χ2n) is 10.1. The molecular formula is C31H28O5. The first-order chi connectivity index (χ1) is 17.2. The topological polar surface area (TPSA) is 85.3 Å². The predicted octanol–water partition coefficient (Wildman–Crippen LogP) is 5.44. The number of carbonyl (C=O) groups excluding carboxylic acids is 5. The lowest BCUT2D eigenvalue weighted by molar-refractivity contribution is -0.141. The molecule has 0 aliphatic heterocycles. The molecule has 5 heteroatoms. The summed E-state index contributed by atoms with van der Waals surface area (Å²) < 4.78 is 0. The maximum atomic E-state index is 14.0. The molecule has 3 aromatic rings. The second kappa shape index (κ2) is 10.3. The highest BCUT2D eigenvalue weighted by molar-refractivity contribution is 6.22. The summed E-state index contributed by atoms with van der Waals surface area (Å²) in [4.78, 5) is 68.7. The molecule has 0 amide bonds. The van der Waals surface area contributed by atoms with Crippen molar-refractivity contribution in [3.63, 3.8) is 0 Å². The van der Waals surface area contributed by atoms with E-state index in [1.54, 1.807) is 91.0 Å². The van der Waals surface area contributed by atoms with Crippen LogP contribution in [0.1, 0.15) is 57.8 Å². The summed E-state index contributed by atoms with van der Waals surface area (Å²) in [5, 5.41) is 0. The quantitative estimate of drug-likeness (QED) is 0.316. The van der Waals surface area contributed by atoms with Crippen molar-refractivity contribution in [1.82, 2.24) is 0 Å². The van der Waals surface area contributed by atoms with E-state index in [0.717, 1.165) is 0 Å². The Labute approximate surface area is 210 Å². The Kier molecular flexibility index (Phi) is 7.20. The number of hydrogen-bond donors (Lipinski definition) is 0. The van der Waals surface area contributed by atoms with Crippen LogP contribution in [0.5, 0.6) is 0 Å². The van der Waals surface area contributed by atoms with E-state index < -0.39 is 52.1 Å². The lowest BCUT2D eigenvalue weighted by Gasteiger charge is -2.37. The predicted molar refractivity (Wildman–Crippen MR) is 136 cm³/mol. The Hall–Kier alpha value is -3.99. The van der Waals surface area contributed by atoms with E-state index in [1.807, 2.05) is 13.8 Å². The number of carbonyl (C=O) groups is 5. The largest absolute Gasteiger partial charge is 0.299 e. The maximum Gasteiger partial charge on any atom is 0.174 e. The summed E-state index contributed by atoms with van der Waals surface area (Å²) in [7, 11) is 0. The van der Waals surface area contributed by atoms with E-state index in [4.69, 9.17) is 0 Å². The van der Waals surface area contributed by atoms with Gasteiger partial charge in [0, 0.05) is 29.5 Å². The smallest absolute Gasteiger partial charge is 0.174 e. The van der Waals surface area contributed by atoms with Crippen molar-refractivity contribution in [2.45, 2.75) is 26.7 Å². The van der Waals surface area contributed by atoms with Gasteiger partial charge in [0.25, 0.3) is 0 Å². The number of rotatable bonds is 8. The lowest BCUT2D eigenvalue weighted by atomic mass is 9.62. The molecule has 0 bridgehead atoms. The van der Waals surface area contributed by atoms with Gasteiger partial charge in [0.1, 0.15) is 11.6 Å². The SMILES string of the molecule is CC1(C)CC(=O)C(C(C(=O)c2ccccc2)C(C(=O)c2ccccc2)C(=O)c2ccccc2)C(=O)C1. The van der Waals surface area contributed by atoms with Crippen LogP contribution >= 0.6 is 0 Å². The summed E-state index contributed by atoms with van der Waals surface area (Å²) in [6, 6.07) is 24.7. The Bertz CT molecular complexity index is 1220. The van der Waals surface area contributed by atoms with Crippen LogP contribution in [0.15, 0.2) is 91.0 Å². The highest BCUT2D eigenvalue weighted by Gasteiger charge is 2.52. The molecule has 0 aromatic heterocycles. The van der Waals surface area contributed by atoms with E-state index in [9.17, 15) is 24.0 Å². The van der Waals surface area contributed by atoms with Gasteiger partial charge in [-0.1, -0.05) is 105 Å². The van der Waals surface area contributed by atoms with Crippen molar-refractivity contribution in [2.75, 3.05) is 0 Å². The van der Waals surface area contributed by atoms with Crippen LogP contribution in [0, 0.1) is 23.2 Å². The molecule has 1 aliphatic rings. The van der Waals surface area contributed by atoms with E-state index >= 15 is 0 Å². The first-order valence-electron chi connectivity index (χ1n) is 12.0. The van der Waals surface area contributed by atoms with Crippen molar-refractivity contribution in [1.29, 1.82) is 0 Å². The summed E-state index contributed by atoms with van der Waals surface area (Å²) in [5.41, 5.74) is 0.190. The average molecular weight is 481 g/mol. The summed E-state index contributed by atoms with van der Waals surface area (Å²) in [5.74, 6) is -6.86. The number of Topliss-reactive ketones (excluding diaryl/α,β-unsaturated/α-hetero) is 5. The molecule has 1 unspecified atom stereocenters. The van der Waals surface area contributed by atoms with E-state index in [1.165, 1.54) is 0 Å². The monoisotopic (exact) mass is 480 g/mol. The molecule has 0 heterocycles. The van der Waals surface area contributed by atoms with Gasteiger partial charge < -0.3 is 0 Å². The summed E-state index contributed by atoms with van der Waals surface area (Å²) in [6.45, 7) is 3.66. The van der Waals surface area contributed by atoms with E-state index in [0.29, 0.717) is 0 Å². The van der Waals surface area contributed by atoms with Gasteiger partial charge in [0.2, 0.25) is 0 Å². The van der Waals surface area contributed by atoms with Crippen LogP contribution in [-0.4, -0.2) is 28.9 Å². The van der Waals surface area contributed by atoms with Crippen LogP contribution in [-0.2, 0) is 9.59 Å². The first-order valence-corrected chi connectivity index (χ1v) is 12.0. The Morgan fingerprint density at radius 1 is 0.611 bits per heavy atom. The van der Waals surface area contributed by atoms with Gasteiger partial charge in [0.15, 0.2) is 17.3 Å². The first kappa shape index (κ1) is 25.1. The molecule has 5 nitrogen and oxygen atoms in total. The molecule has 0 N–H and O–H groups in total. The standard InChI is InChI=1S/C31H28O5/c1-31(2)18-23(32)25(24(33)19-31)26(28(34)20-12-6-3-7-13-20)27(29(35)21-14-8-4-9-15-21)30(36)22-16-10-5-11-17-22/h3-17,25-27H,18-19H2,1-2H3. The van der Waals surface area contributed by atoms with Crippen LogP contribution in [0.25, 0.3) is 0 Å². The van der Waals surface area contributed by atoms with Crippen molar-refractivity contribution in [3.05, 3.63) is 108 Å². The normalized spacial score (nSPS) is 16.5. The highest BCUT2D eigenvalue weighted by Crippen LogP contribution is 2.41. The fourth-order valence-electron chi connectivity index (χ4n) is 5.11. The zero-order valence-electron chi connectivity index (χ0n) is 20.3. The summed E-state index contributed by atoms with van der Waals surface area (Å²) >= 11 is 0. The van der Waals surface area contributed by atoms with Gasteiger partial charge in [-0.25, -0.2) is 0 Å². The minimum Gasteiger partial charge on any atom is -0.299 e. The zero-order chi connectivity index (χ0) is 25.9. The molecule has 0 radical (unpaired) electrons.